The van der Waals surface area contributed by atoms with Crippen molar-refractivity contribution in [3.63, 3.8) is 0 Å². The molecule has 0 atom stereocenters. The van der Waals surface area contributed by atoms with Gasteiger partial charge < -0.3 is 29.7 Å². The van der Waals surface area contributed by atoms with Crippen molar-refractivity contribution in [2.24, 2.45) is 10.9 Å². The maximum Gasteiger partial charge on any atom is 0.231 e. The molecule has 33 heavy (non-hydrogen) atoms. The lowest BCUT2D eigenvalue weighted by Crippen LogP contribution is -2.42. The number of rotatable bonds is 8. The molecule has 1 aromatic rings. The van der Waals surface area contributed by atoms with Gasteiger partial charge in [0.05, 0.1) is 6.54 Å². The van der Waals surface area contributed by atoms with Gasteiger partial charge in [0.1, 0.15) is 0 Å². The van der Waals surface area contributed by atoms with Crippen LogP contribution in [0.4, 0.5) is 0 Å². The van der Waals surface area contributed by atoms with Crippen LogP contribution in [0.25, 0.3) is 0 Å². The van der Waals surface area contributed by atoms with Gasteiger partial charge in [-0.3, -0.25) is 4.99 Å². The number of aliphatic imine (C=N–C) groups is 1. The van der Waals surface area contributed by atoms with Crippen LogP contribution in [0.1, 0.15) is 51.5 Å². The third kappa shape index (κ3) is 7.11. The molecule has 1 aromatic carbocycles. The van der Waals surface area contributed by atoms with E-state index in [4.69, 9.17) is 19.2 Å². The molecule has 2 fully saturated rings. The lowest BCUT2D eigenvalue weighted by atomic mass is 9.74. The first kappa shape index (κ1) is 26.3. The number of nitrogens with zero attached hydrogens (tertiary/aromatic N) is 2. The van der Waals surface area contributed by atoms with Crippen LogP contribution in [0.5, 0.6) is 11.5 Å². The highest BCUT2D eigenvalue weighted by molar-refractivity contribution is 14.0. The zero-order chi connectivity index (χ0) is 22.2. The van der Waals surface area contributed by atoms with Crippen LogP contribution in [0.15, 0.2) is 23.2 Å². The summed E-state index contributed by atoms with van der Waals surface area (Å²) in [6.45, 7) is 12.5. The van der Waals surface area contributed by atoms with Gasteiger partial charge in [0.2, 0.25) is 6.79 Å². The summed E-state index contributed by atoms with van der Waals surface area (Å²) in [4.78, 5) is 7.63. The van der Waals surface area contributed by atoms with E-state index in [2.05, 4.69) is 41.5 Å². The molecule has 0 aliphatic carbocycles. The van der Waals surface area contributed by atoms with Crippen LogP contribution in [-0.2, 0) is 10.2 Å². The van der Waals surface area contributed by atoms with Gasteiger partial charge >= 0.3 is 0 Å². The number of guanidine groups is 1. The molecule has 0 unspecified atom stereocenters. The second kappa shape index (κ2) is 13.0. The highest BCUT2D eigenvalue weighted by Crippen LogP contribution is 2.41. The number of halogens is 1. The first-order chi connectivity index (χ1) is 15.7. The smallest absolute Gasteiger partial charge is 0.231 e. The Morgan fingerprint density at radius 1 is 1.12 bits per heavy atom. The van der Waals surface area contributed by atoms with E-state index in [1.807, 2.05) is 6.07 Å². The number of hydrogen-bond donors (Lipinski definition) is 2. The minimum Gasteiger partial charge on any atom is -0.454 e. The van der Waals surface area contributed by atoms with Gasteiger partial charge in [-0.05, 0) is 82.3 Å². The lowest BCUT2D eigenvalue weighted by molar-refractivity contribution is 0.0530. The third-order valence-corrected chi connectivity index (χ3v) is 7.14. The molecule has 8 heteroatoms. The fourth-order valence-corrected chi connectivity index (χ4v) is 4.89. The highest BCUT2D eigenvalue weighted by atomic mass is 127. The first-order valence-electron chi connectivity index (χ1n) is 12.4. The van der Waals surface area contributed by atoms with E-state index < -0.39 is 0 Å². The summed E-state index contributed by atoms with van der Waals surface area (Å²) in [7, 11) is 0. The largest absolute Gasteiger partial charge is 0.454 e. The van der Waals surface area contributed by atoms with Gasteiger partial charge in [-0.2, -0.15) is 0 Å². The number of nitrogens with one attached hydrogen (secondary N) is 2. The molecule has 186 valence electrons. The summed E-state index contributed by atoms with van der Waals surface area (Å²) >= 11 is 0. The maximum atomic E-state index is 5.70. The lowest BCUT2D eigenvalue weighted by Gasteiger charge is -2.36. The predicted octanol–water partition coefficient (Wildman–Crippen LogP) is 3.76. The van der Waals surface area contributed by atoms with Crippen LogP contribution in [-0.4, -0.2) is 70.1 Å². The Balaban J connectivity index is 0.00000306. The molecule has 0 aromatic heterocycles. The van der Waals surface area contributed by atoms with Crippen LogP contribution >= 0.6 is 24.0 Å². The van der Waals surface area contributed by atoms with Gasteiger partial charge in [-0.15, -0.1) is 24.0 Å². The standard InChI is InChI=1S/C25H40N4O3.HI/c1-3-26-24(27-11-4-12-29-13-7-20(2)8-14-29)28-18-25(9-15-30-16-10-25)21-5-6-22-23(17-21)32-19-31-22;/h5-6,17,20H,3-4,7-16,18-19H2,1-2H3,(H2,26,27,28);1H. The minimum absolute atomic E-state index is 0. The Labute approximate surface area is 216 Å². The van der Waals surface area contributed by atoms with Crippen molar-refractivity contribution in [1.82, 2.24) is 15.5 Å². The number of benzene rings is 1. The van der Waals surface area contributed by atoms with E-state index in [0.29, 0.717) is 6.79 Å². The summed E-state index contributed by atoms with van der Waals surface area (Å²) in [5.41, 5.74) is 1.23. The van der Waals surface area contributed by atoms with Gasteiger partial charge in [0.25, 0.3) is 0 Å². The summed E-state index contributed by atoms with van der Waals surface area (Å²) in [5, 5.41) is 6.98. The molecule has 3 heterocycles. The maximum absolute atomic E-state index is 5.70. The molecular formula is C25H41IN4O3. The number of fused-ring (bicyclic) bond motifs is 1. The van der Waals surface area contributed by atoms with Gasteiger partial charge in [0, 0.05) is 31.7 Å². The van der Waals surface area contributed by atoms with Crippen LogP contribution in [0, 0.1) is 5.92 Å². The average Bonchev–Trinajstić information content (AvgIpc) is 3.30. The molecule has 3 aliphatic rings. The van der Waals surface area contributed by atoms with E-state index in [9.17, 15) is 0 Å². The zero-order valence-corrected chi connectivity index (χ0v) is 22.6. The van der Waals surface area contributed by atoms with Crippen LogP contribution in [0.3, 0.4) is 0 Å². The van der Waals surface area contributed by atoms with E-state index >= 15 is 0 Å². The first-order valence-corrected chi connectivity index (χ1v) is 12.4. The molecule has 4 rings (SSSR count). The van der Waals surface area contributed by atoms with Crippen molar-refractivity contribution >= 4 is 29.9 Å². The number of likely N-dealkylation sites (tertiary alicyclic amines) is 1. The fraction of sp³-hybridized carbons (Fsp3) is 0.720. The second-order valence-electron chi connectivity index (χ2n) is 9.46. The topological polar surface area (TPSA) is 67.4 Å². The molecule has 7 nitrogen and oxygen atoms in total. The van der Waals surface area contributed by atoms with Crippen LogP contribution in [0.2, 0.25) is 0 Å². The second-order valence-corrected chi connectivity index (χ2v) is 9.46. The molecule has 0 amide bonds. The van der Waals surface area contributed by atoms with Gasteiger partial charge in [-0.1, -0.05) is 13.0 Å². The van der Waals surface area contributed by atoms with Crippen molar-refractivity contribution in [1.29, 1.82) is 0 Å². The van der Waals surface area contributed by atoms with Gasteiger partial charge in [0.15, 0.2) is 17.5 Å². The van der Waals surface area contributed by atoms with Crippen molar-refractivity contribution < 1.29 is 14.2 Å². The summed E-state index contributed by atoms with van der Waals surface area (Å²) in [6.07, 6.45) is 5.73. The number of piperidine rings is 1. The molecule has 2 saturated heterocycles. The quantitative estimate of drug-likeness (QED) is 0.214. The van der Waals surface area contributed by atoms with Crippen molar-refractivity contribution in [3.05, 3.63) is 23.8 Å². The van der Waals surface area contributed by atoms with Crippen molar-refractivity contribution in [3.8, 4) is 11.5 Å². The molecule has 0 spiro atoms. The van der Waals surface area contributed by atoms with Crippen molar-refractivity contribution in [2.75, 3.05) is 59.3 Å². The molecule has 0 bridgehead atoms. The molecule has 3 aliphatic heterocycles. The molecule has 0 radical (unpaired) electrons. The van der Waals surface area contributed by atoms with Gasteiger partial charge in [-0.25, -0.2) is 0 Å². The zero-order valence-electron chi connectivity index (χ0n) is 20.2. The Kier molecular flexibility index (Phi) is 10.4. The number of hydrogen-bond acceptors (Lipinski definition) is 5. The van der Waals surface area contributed by atoms with Crippen molar-refractivity contribution in [2.45, 2.75) is 51.4 Å². The van der Waals surface area contributed by atoms with E-state index in [-0.39, 0.29) is 29.4 Å². The van der Waals surface area contributed by atoms with E-state index in [1.165, 1.54) is 31.5 Å². The Hall–Kier alpha value is -1.26. The van der Waals surface area contributed by atoms with E-state index in [0.717, 1.165) is 82.0 Å². The minimum atomic E-state index is -0.0356. The number of ether oxygens (including phenoxy) is 3. The van der Waals surface area contributed by atoms with Crippen LogP contribution < -0.4 is 20.1 Å². The average molecular weight is 573 g/mol. The molecule has 2 N–H and O–H groups in total. The Bertz CT molecular complexity index is 762. The Morgan fingerprint density at radius 3 is 2.64 bits per heavy atom. The fourth-order valence-electron chi connectivity index (χ4n) is 4.89. The van der Waals surface area contributed by atoms with E-state index in [1.54, 1.807) is 0 Å². The monoisotopic (exact) mass is 572 g/mol. The molecule has 0 saturated carbocycles. The molecular weight excluding hydrogens is 531 g/mol. The summed E-state index contributed by atoms with van der Waals surface area (Å²) < 4.78 is 16.8. The third-order valence-electron chi connectivity index (χ3n) is 7.14. The normalized spacial score (nSPS) is 20.8. The summed E-state index contributed by atoms with van der Waals surface area (Å²) in [5.74, 6) is 3.47. The Morgan fingerprint density at radius 2 is 1.88 bits per heavy atom. The highest BCUT2D eigenvalue weighted by Gasteiger charge is 2.35. The summed E-state index contributed by atoms with van der Waals surface area (Å²) in [6, 6.07) is 6.35. The SMILES string of the molecule is CCNC(=NCC1(c2ccc3c(c2)OCO3)CCOCC1)NCCCN1CCC(C)CC1.I. The predicted molar refractivity (Wildman–Crippen MR) is 143 cm³/mol.